The topological polar surface area (TPSA) is 47.3 Å². The SMILES string of the molecule is N#Cc1cccc(C2CC2)c1.O=CN1CCN(C2CCC2)CC1. The molecule has 0 aromatic heterocycles. The van der Waals surface area contributed by atoms with Crippen LogP contribution >= 0.6 is 0 Å². The van der Waals surface area contributed by atoms with E-state index in [1.165, 1.54) is 37.7 Å². The number of nitriles is 1. The van der Waals surface area contributed by atoms with Crippen molar-refractivity contribution in [3.8, 4) is 6.07 Å². The Kier molecular flexibility index (Phi) is 5.30. The van der Waals surface area contributed by atoms with E-state index in [-0.39, 0.29) is 0 Å². The molecule has 1 amide bonds. The van der Waals surface area contributed by atoms with Crippen molar-refractivity contribution in [2.24, 2.45) is 0 Å². The van der Waals surface area contributed by atoms with Gasteiger partial charge in [0, 0.05) is 32.2 Å². The van der Waals surface area contributed by atoms with Gasteiger partial charge in [-0.3, -0.25) is 9.69 Å². The number of nitrogens with zero attached hydrogens (tertiary/aromatic N) is 3. The molecule has 1 aromatic carbocycles. The van der Waals surface area contributed by atoms with Crippen LogP contribution in [-0.2, 0) is 4.79 Å². The lowest BCUT2D eigenvalue weighted by molar-refractivity contribution is -0.120. The van der Waals surface area contributed by atoms with Crippen LogP contribution in [0.1, 0.15) is 49.1 Å². The molecule has 0 radical (unpaired) electrons. The van der Waals surface area contributed by atoms with Gasteiger partial charge >= 0.3 is 0 Å². The van der Waals surface area contributed by atoms with Gasteiger partial charge in [0.25, 0.3) is 0 Å². The summed E-state index contributed by atoms with van der Waals surface area (Å²) in [6.45, 7) is 4.03. The van der Waals surface area contributed by atoms with Crippen LogP contribution in [0.5, 0.6) is 0 Å². The highest BCUT2D eigenvalue weighted by atomic mass is 16.1. The summed E-state index contributed by atoms with van der Waals surface area (Å²) in [5.41, 5.74) is 2.12. The molecule has 0 spiro atoms. The highest BCUT2D eigenvalue weighted by Gasteiger charge is 2.27. The summed E-state index contributed by atoms with van der Waals surface area (Å²) in [7, 11) is 0. The van der Waals surface area contributed by atoms with Crippen molar-refractivity contribution in [3.63, 3.8) is 0 Å². The number of amides is 1. The standard InChI is InChI=1S/C10H9N.C9H16N2O/c11-7-8-2-1-3-10(6-8)9-4-5-9;12-8-10-4-6-11(7-5-10)9-2-1-3-9/h1-3,6,9H,4-5H2;8-9H,1-7H2. The number of carbonyl (C=O) groups is 1. The first-order valence-corrected chi connectivity index (χ1v) is 8.73. The predicted octanol–water partition coefficient (Wildman–Crippen LogP) is 2.75. The van der Waals surface area contributed by atoms with E-state index in [9.17, 15) is 4.79 Å². The van der Waals surface area contributed by atoms with Gasteiger partial charge in [0.2, 0.25) is 6.41 Å². The maximum absolute atomic E-state index is 10.4. The van der Waals surface area contributed by atoms with Crippen LogP contribution in [0.3, 0.4) is 0 Å². The number of carbonyl (C=O) groups excluding carboxylic acids is 1. The molecule has 1 aromatic rings. The van der Waals surface area contributed by atoms with Crippen molar-refractivity contribution in [1.82, 2.24) is 9.80 Å². The lowest BCUT2D eigenvalue weighted by Crippen LogP contribution is -2.51. The van der Waals surface area contributed by atoms with E-state index in [2.05, 4.69) is 17.0 Å². The van der Waals surface area contributed by atoms with E-state index in [0.717, 1.165) is 50.1 Å². The molecule has 4 nitrogen and oxygen atoms in total. The summed E-state index contributed by atoms with van der Waals surface area (Å²) in [6, 6.07) is 10.9. The van der Waals surface area contributed by atoms with E-state index in [1.54, 1.807) is 0 Å². The van der Waals surface area contributed by atoms with Gasteiger partial charge in [0.15, 0.2) is 0 Å². The van der Waals surface area contributed by atoms with E-state index in [1.807, 2.05) is 23.1 Å². The Hall–Kier alpha value is -1.86. The Labute approximate surface area is 138 Å². The Balaban J connectivity index is 0.000000136. The molecule has 4 rings (SSSR count). The quantitative estimate of drug-likeness (QED) is 0.806. The van der Waals surface area contributed by atoms with Crippen molar-refractivity contribution < 1.29 is 4.79 Å². The van der Waals surface area contributed by atoms with Crippen LogP contribution in [0, 0.1) is 11.3 Å². The fourth-order valence-electron chi connectivity index (χ4n) is 3.24. The first kappa shape index (κ1) is 16.0. The minimum atomic E-state index is 0.753. The summed E-state index contributed by atoms with van der Waals surface area (Å²) in [5.74, 6) is 0.753. The number of hydrogen-bond acceptors (Lipinski definition) is 3. The van der Waals surface area contributed by atoms with E-state index >= 15 is 0 Å². The summed E-state index contributed by atoms with van der Waals surface area (Å²) in [5, 5.41) is 8.61. The Morgan fingerprint density at radius 3 is 2.35 bits per heavy atom. The zero-order valence-electron chi connectivity index (χ0n) is 13.7. The molecule has 23 heavy (non-hydrogen) atoms. The minimum Gasteiger partial charge on any atom is -0.343 e. The first-order chi connectivity index (χ1) is 11.3. The highest BCUT2D eigenvalue weighted by Crippen LogP contribution is 2.40. The first-order valence-electron chi connectivity index (χ1n) is 8.73. The molecule has 3 aliphatic rings. The Morgan fingerprint density at radius 2 is 1.83 bits per heavy atom. The van der Waals surface area contributed by atoms with Gasteiger partial charge < -0.3 is 4.90 Å². The molecule has 2 saturated carbocycles. The zero-order valence-corrected chi connectivity index (χ0v) is 13.7. The lowest BCUT2D eigenvalue weighted by Gasteiger charge is -2.42. The van der Waals surface area contributed by atoms with Crippen LogP contribution < -0.4 is 0 Å². The smallest absolute Gasteiger partial charge is 0.209 e. The van der Waals surface area contributed by atoms with Crippen molar-refractivity contribution in [3.05, 3.63) is 35.4 Å². The molecule has 122 valence electrons. The van der Waals surface area contributed by atoms with Gasteiger partial charge in [0.05, 0.1) is 11.6 Å². The minimum absolute atomic E-state index is 0.753. The zero-order chi connectivity index (χ0) is 16.1. The molecule has 3 fully saturated rings. The maximum atomic E-state index is 10.4. The molecule has 0 N–H and O–H groups in total. The average Bonchev–Trinajstić information content (AvgIpc) is 3.40. The second-order valence-corrected chi connectivity index (χ2v) is 6.77. The van der Waals surface area contributed by atoms with Crippen LogP contribution in [0.2, 0.25) is 0 Å². The number of rotatable bonds is 3. The molecule has 1 saturated heterocycles. The van der Waals surface area contributed by atoms with E-state index < -0.39 is 0 Å². The Morgan fingerprint density at radius 1 is 1.09 bits per heavy atom. The summed E-state index contributed by atoms with van der Waals surface area (Å²) in [4.78, 5) is 14.8. The normalized spacial score (nSPS) is 21.6. The lowest BCUT2D eigenvalue weighted by atomic mass is 9.91. The van der Waals surface area contributed by atoms with Crippen molar-refractivity contribution in [2.75, 3.05) is 26.2 Å². The predicted molar refractivity (Wildman–Crippen MR) is 90.0 cm³/mol. The van der Waals surface area contributed by atoms with Gasteiger partial charge in [-0.1, -0.05) is 18.6 Å². The number of benzene rings is 1. The van der Waals surface area contributed by atoms with Gasteiger partial charge in [0.1, 0.15) is 0 Å². The molecule has 0 atom stereocenters. The van der Waals surface area contributed by atoms with Crippen molar-refractivity contribution in [2.45, 2.75) is 44.1 Å². The fourth-order valence-corrected chi connectivity index (χ4v) is 3.24. The third kappa shape index (κ3) is 4.33. The van der Waals surface area contributed by atoms with Gasteiger partial charge in [-0.05, 0) is 49.3 Å². The molecule has 2 aliphatic carbocycles. The van der Waals surface area contributed by atoms with E-state index in [0.29, 0.717) is 0 Å². The van der Waals surface area contributed by atoms with E-state index in [4.69, 9.17) is 5.26 Å². The van der Waals surface area contributed by atoms with Gasteiger partial charge in [-0.15, -0.1) is 0 Å². The number of hydrogen-bond donors (Lipinski definition) is 0. The van der Waals surface area contributed by atoms with Gasteiger partial charge in [-0.25, -0.2) is 0 Å². The number of piperazine rings is 1. The average molecular weight is 311 g/mol. The second kappa shape index (κ2) is 7.61. The van der Waals surface area contributed by atoms with Gasteiger partial charge in [-0.2, -0.15) is 5.26 Å². The van der Waals surface area contributed by atoms with Crippen LogP contribution in [0.4, 0.5) is 0 Å². The second-order valence-electron chi connectivity index (χ2n) is 6.77. The summed E-state index contributed by atoms with van der Waals surface area (Å²) >= 11 is 0. The van der Waals surface area contributed by atoms with Crippen molar-refractivity contribution >= 4 is 6.41 Å². The largest absolute Gasteiger partial charge is 0.343 e. The van der Waals surface area contributed by atoms with Crippen molar-refractivity contribution in [1.29, 1.82) is 5.26 Å². The summed E-state index contributed by atoms with van der Waals surface area (Å²) < 4.78 is 0. The molecule has 4 heteroatoms. The maximum Gasteiger partial charge on any atom is 0.209 e. The Bertz CT molecular complexity index is 564. The van der Waals surface area contributed by atoms with Crippen LogP contribution in [0.25, 0.3) is 0 Å². The molecule has 1 aliphatic heterocycles. The van der Waals surface area contributed by atoms with Crippen LogP contribution in [-0.4, -0.2) is 48.4 Å². The fraction of sp³-hybridized carbons (Fsp3) is 0.579. The molecular formula is C19H25N3O. The molecular weight excluding hydrogens is 286 g/mol. The molecule has 0 unspecified atom stereocenters. The third-order valence-electron chi connectivity index (χ3n) is 5.15. The summed E-state index contributed by atoms with van der Waals surface area (Å²) in [6.07, 6.45) is 7.72. The highest BCUT2D eigenvalue weighted by molar-refractivity contribution is 5.47. The third-order valence-corrected chi connectivity index (χ3v) is 5.15. The monoisotopic (exact) mass is 311 g/mol. The molecule has 1 heterocycles. The molecule has 0 bridgehead atoms. The van der Waals surface area contributed by atoms with Crippen LogP contribution in [0.15, 0.2) is 24.3 Å².